The zero-order valence-electron chi connectivity index (χ0n) is 11.8. The molecule has 114 valence electrons. The highest BCUT2D eigenvalue weighted by Crippen LogP contribution is 2.20. The van der Waals surface area contributed by atoms with Crippen LogP contribution in [0.4, 0.5) is 17.1 Å². The van der Waals surface area contributed by atoms with Crippen molar-refractivity contribution in [2.75, 3.05) is 17.2 Å². The van der Waals surface area contributed by atoms with Crippen molar-refractivity contribution in [1.82, 2.24) is 0 Å². The van der Waals surface area contributed by atoms with Gasteiger partial charge in [0.25, 0.3) is 5.69 Å². The van der Waals surface area contributed by atoms with Crippen molar-refractivity contribution in [2.45, 2.75) is 6.92 Å². The summed E-state index contributed by atoms with van der Waals surface area (Å²) in [6.45, 7) is 1.92. The Morgan fingerprint density at radius 1 is 1.18 bits per heavy atom. The maximum Gasteiger partial charge on any atom is 0.269 e. The van der Waals surface area contributed by atoms with Crippen LogP contribution in [0.3, 0.4) is 0 Å². The van der Waals surface area contributed by atoms with Gasteiger partial charge in [0.1, 0.15) is 0 Å². The highest BCUT2D eigenvalue weighted by Gasteiger charge is 2.06. The molecule has 1 amide bonds. The van der Waals surface area contributed by atoms with E-state index in [2.05, 4.69) is 10.6 Å². The minimum absolute atomic E-state index is 0.00398. The summed E-state index contributed by atoms with van der Waals surface area (Å²) in [7, 11) is 0. The molecule has 2 rings (SSSR count). The van der Waals surface area contributed by atoms with E-state index in [1.165, 1.54) is 12.1 Å². The number of carbonyl (C=O) groups excluding carboxylic acids is 1. The first kappa shape index (κ1) is 15.8. The molecule has 0 bridgehead atoms. The fraction of sp³-hybridized carbons (Fsp3) is 0.133. The third-order valence-electron chi connectivity index (χ3n) is 2.99. The van der Waals surface area contributed by atoms with Gasteiger partial charge in [0, 0.05) is 28.5 Å². The molecule has 0 unspecified atom stereocenters. The number of halogens is 1. The van der Waals surface area contributed by atoms with Crippen LogP contribution in [0.1, 0.15) is 5.56 Å². The van der Waals surface area contributed by atoms with Gasteiger partial charge in [-0.2, -0.15) is 0 Å². The maximum absolute atomic E-state index is 11.8. The van der Waals surface area contributed by atoms with Gasteiger partial charge in [0.15, 0.2) is 0 Å². The fourth-order valence-electron chi connectivity index (χ4n) is 1.76. The van der Waals surface area contributed by atoms with Crippen LogP contribution in [0.15, 0.2) is 42.5 Å². The Bertz CT molecular complexity index is 702. The van der Waals surface area contributed by atoms with Gasteiger partial charge in [-0.25, -0.2) is 0 Å². The number of nitro benzene ring substituents is 1. The van der Waals surface area contributed by atoms with Crippen LogP contribution in [0, 0.1) is 17.0 Å². The number of hydrogen-bond donors (Lipinski definition) is 2. The van der Waals surface area contributed by atoms with Crippen molar-refractivity contribution in [3.8, 4) is 0 Å². The molecule has 0 saturated heterocycles. The summed E-state index contributed by atoms with van der Waals surface area (Å²) < 4.78 is 0. The minimum atomic E-state index is -0.475. The molecule has 2 aromatic carbocycles. The van der Waals surface area contributed by atoms with Crippen LogP contribution >= 0.6 is 11.6 Å². The lowest BCUT2D eigenvalue weighted by Crippen LogP contribution is -2.21. The second-order valence-electron chi connectivity index (χ2n) is 4.67. The summed E-state index contributed by atoms with van der Waals surface area (Å²) in [5, 5.41) is 16.7. The highest BCUT2D eigenvalue weighted by atomic mass is 35.5. The fourth-order valence-corrected chi connectivity index (χ4v) is 1.94. The molecule has 0 radical (unpaired) electrons. The summed E-state index contributed by atoms with van der Waals surface area (Å²) in [5.41, 5.74) is 2.18. The minimum Gasteiger partial charge on any atom is -0.376 e. The Balaban J connectivity index is 1.89. The molecule has 0 aliphatic rings. The Morgan fingerprint density at radius 3 is 2.41 bits per heavy atom. The molecule has 7 heteroatoms. The third-order valence-corrected chi connectivity index (χ3v) is 3.39. The lowest BCUT2D eigenvalue weighted by Gasteiger charge is -2.08. The molecule has 22 heavy (non-hydrogen) atoms. The summed E-state index contributed by atoms with van der Waals surface area (Å²) in [4.78, 5) is 21.9. The molecular formula is C15H14ClN3O3. The number of aryl methyl sites for hydroxylation is 1. The normalized spacial score (nSPS) is 10.1. The molecule has 6 nitrogen and oxygen atoms in total. The number of benzene rings is 2. The van der Waals surface area contributed by atoms with Crippen molar-refractivity contribution in [1.29, 1.82) is 0 Å². The molecule has 0 fully saturated rings. The summed E-state index contributed by atoms with van der Waals surface area (Å²) in [5.74, 6) is -0.238. The number of anilines is 2. The molecule has 0 aliphatic heterocycles. The molecular weight excluding hydrogens is 306 g/mol. The van der Waals surface area contributed by atoms with E-state index in [-0.39, 0.29) is 18.1 Å². The second-order valence-corrected chi connectivity index (χ2v) is 5.08. The number of carbonyl (C=O) groups is 1. The predicted octanol–water partition coefficient (Wildman–Crippen LogP) is 3.61. The zero-order chi connectivity index (χ0) is 16.1. The van der Waals surface area contributed by atoms with Crippen LogP contribution in [-0.4, -0.2) is 17.4 Å². The van der Waals surface area contributed by atoms with E-state index in [1.807, 2.05) is 13.0 Å². The number of amides is 1. The molecule has 0 spiro atoms. The monoisotopic (exact) mass is 319 g/mol. The Labute approximate surface area is 132 Å². The topological polar surface area (TPSA) is 84.3 Å². The summed E-state index contributed by atoms with van der Waals surface area (Å²) in [6.07, 6.45) is 0. The number of nitrogens with one attached hydrogen (secondary N) is 2. The number of nitro groups is 1. The molecule has 0 aliphatic carbocycles. The third kappa shape index (κ3) is 4.20. The van der Waals surface area contributed by atoms with E-state index in [0.29, 0.717) is 16.4 Å². The first-order chi connectivity index (χ1) is 10.5. The van der Waals surface area contributed by atoms with E-state index in [9.17, 15) is 14.9 Å². The largest absolute Gasteiger partial charge is 0.376 e. The average Bonchev–Trinajstić information content (AvgIpc) is 2.49. The molecule has 0 saturated carbocycles. The van der Waals surface area contributed by atoms with E-state index < -0.39 is 4.92 Å². The smallest absolute Gasteiger partial charge is 0.269 e. The summed E-state index contributed by atoms with van der Waals surface area (Å²) in [6, 6.07) is 11.1. The predicted molar refractivity (Wildman–Crippen MR) is 86.4 cm³/mol. The second kappa shape index (κ2) is 6.91. The lowest BCUT2D eigenvalue weighted by atomic mass is 10.2. The Morgan fingerprint density at radius 2 is 1.82 bits per heavy atom. The number of hydrogen-bond acceptors (Lipinski definition) is 4. The van der Waals surface area contributed by atoms with Crippen LogP contribution in [0.25, 0.3) is 0 Å². The van der Waals surface area contributed by atoms with Gasteiger partial charge in [-0.3, -0.25) is 14.9 Å². The molecule has 0 heterocycles. The van der Waals surface area contributed by atoms with E-state index in [4.69, 9.17) is 11.6 Å². The lowest BCUT2D eigenvalue weighted by molar-refractivity contribution is -0.384. The number of nitrogens with zero attached hydrogens (tertiary/aromatic N) is 1. The Hall–Kier alpha value is -2.60. The average molecular weight is 320 g/mol. The van der Waals surface area contributed by atoms with Crippen molar-refractivity contribution in [3.05, 3.63) is 63.2 Å². The van der Waals surface area contributed by atoms with Gasteiger partial charge in [0.2, 0.25) is 5.91 Å². The molecule has 2 aromatic rings. The molecule has 2 N–H and O–H groups in total. The van der Waals surface area contributed by atoms with Crippen LogP contribution in [0.2, 0.25) is 5.02 Å². The standard InChI is InChI=1S/C15H14ClN3O3/c1-10-2-3-12(8-14(10)16)18-15(20)9-17-11-4-6-13(7-5-11)19(21)22/h2-8,17H,9H2,1H3,(H,18,20). The number of rotatable bonds is 5. The highest BCUT2D eigenvalue weighted by molar-refractivity contribution is 6.31. The van der Waals surface area contributed by atoms with Crippen molar-refractivity contribution >= 4 is 34.6 Å². The molecule has 0 atom stereocenters. The molecule has 0 aromatic heterocycles. The zero-order valence-corrected chi connectivity index (χ0v) is 12.6. The van der Waals surface area contributed by atoms with E-state index in [0.717, 1.165) is 5.56 Å². The van der Waals surface area contributed by atoms with E-state index in [1.54, 1.807) is 24.3 Å². The maximum atomic E-state index is 11.8. The summed E-state index contributed by atoms with van der Waals surface area (Å²) >= 11 is 5.99. The first-order valence-electron chi connectivity index (χ1n) is 6.50. The van der Waals surface area contributed by atoms with Crippen LogP contribution < -0.4 is 10.6 Å². The van der Waals surface area contributed by atoms with Gasteiger partial charge in [0.05, 0.1) is 11.5 Å². The van der Waals surface area contributed by atoms with Gasteiger partial charge in [-0.15, -0.1) is 0 Å². The first-order valence-corrected chi connectivity index (χ1v) is 6.88. The Kier molecular flexibility index (Phi) is 4.95. The van der Waals surface area contributed by atoms with Gasteiger partial charge in [-0.1, -0.05) is 17.7 Å². The quantitative estimate of drug-likeness (QED) is 0.651. The number of non-ortho nitro benzene ring substituents is 1. The van der Waals surface area contributed by atoms with E-state index >= 15 is 0 Å². The van der Waals surface area contributed by atoms with Crippen molar-refractivity contribution < 1.29 is 9.72 Å². The van der Waals surface area contributed by atoms with Gasteiger partial charge in [-0.05, 0) is 36.8 Å². The van der Waals surface area contributed by atoms with Crippen molar-refractivity contribution in [2.24, 2.45) is 0 Å². The van der Waals surface area contributed by atoms with Crippen LogP contribution in [-0.2, 0) is 4.79 Å². The SMILES string of the molecule is Cc1ccc(NC(=O)CNc2ccc([N+](=O)[O-])cc2)cc1Cl. The van der Waals surface area contributed by atoms with Crippen LogP contribution in [0.5, 0.6) is 0 Å². The van der Waals surface area contributed by atoms with Gasteiger partial charge >= 0.3 is 0 Å². The van der Waals surface area contributed by atoms with Crippen molar-refractivity contribution in [3.63, 3.8) is 0 Å². The van der Waals surface area contributed by atoms with Gasteiger partial charge < -0.3 is 10.6 Å².